The van der Waals surface area contributed by atoms with Gasteiger partial charge in [-0.2, -0.15) is 0 Å². The van der Waals surface area contributed by atoms with Gasteiger partial charge in [-0.15, -0.1) is 0 Å². The fraction of sp³-hybridized carbons (Fsp3) is 0.600. The second-order valence-corrected chi connectivity index (χ2v) is 5.40. The molecule has 2 rings (SSSR count). The van der Waals surface area contributed by atoms with E-state index in [1.165, 1.54) is 32.4 Å². The van der Waals surface area contributed by atoms with E-state index in [2.05, 4.69) is 4.90 Å². The Balaban J connectivity index is 1.71. The zero-order valence-corrected chi connectivity index (χ0v) is 11.9. The molecule has 1 aliphatic rings. The summed E-state index contributed by atoms with van der Waals surface area (Å²) in [5.41, 5.74) is 1.11. The monoisotopic (exact) mass is 267 g/mol. The molecule has 1 fully saturated rings. The molecule has 2 nitrogen and oxygen atoms in total. The van der Waals surface area contributed by atoms with Gasteiger partial charge in [0.15, 0.2) is 0 Å². The van der Waals surface area contributed by atoms with Crippen LogP contribution in [0.15, 0.2) is 18.2 Å². The summed E-state index contributed by atoms with van der Waals surface area (Å²) in [6.07, 6.45) is 5.17. The predicted octanol–water partition coefficient (Wildman–Crippen LogP) is 3.90. The van der Waals surface area contributed by atoms with Crippen molar-refractivity contribution >= 4 is 11.6 Å². The van der Waals surface area contributed by atoms with Gasteiger partial charge in [0.05, 0.1) is 11.6 Å². The van der Waals surface area contributed by atoms with Gasteiger partial charge in [-0.3, -0.25) is 0 Å². The molecule has 0 aliphatic carbocycles. The van der Waals surface area contributed by atoms with Gasteiger partial charge in [0, 0.05) is 6.54 Å². The lowest BCUT2D eigenvalue weighted by Crippen LogP contribution is -2.31. The third-order valence-corrected chi connectivity index (χ3v) is 3.78. The summed E-state index contributed by atoms with van der Waals surface area (Å²) >= 11 is 6.12. The summed E-state index contributed by atoms with van der Waals surface area (Å²) < 4.78 is 5.80. The number of hydrogen-bond acceptors (Lipinski definition) is 2. The highest BCUT2D eigenvalue weighted by Gasteiger charge is 2.09. The van der Waals surface area contributed by atoms with Gasteiger partial charge in [0.2, 0.25) is 0 Å². The molecule has 1 saturated heterocycles. The smallest absolute Gasteiger partial charge is 0.140 e. The lowest BCUT2D eigenvalue weighted by molar-refractivity contribution is 0.204. The number of para-hydroxylation sites is 1. The van der Waals surface area contributed by atoms with Crippen LogP contribution in [0, 0.1) is 6.92 Å². The molecule has 0 bridgehead atoms. The maximum atomic E-state index is 6.12. The van der Waals surface area contributed by atoms with E-state index in [-0.39, 0.29) is 0 Å². The van der Waals surface area contributed by atoms with E-state index in [1.807, 2.05) is 25.1 Å². The molecule has 0 unspecified atom stereocenters. The van der Waals surface area contributed by atoms with Crippen molar-refractivity contribution in [3.05, 3.63) is 28.8 Å². The van der Waals surface area contributed by atoms with Crippen molar-refractivity contribution in [1.29, 1.82) is 0 Å². The predicted molar refractivity (Wildman–Crippen MR) is 76.6 cm³/mol. The SMILES string of the molecule is Cc1cccc(Cl)c1OCCCN1CCCCC1. The highest BCUT2D eigenvalue weighted by atomic mass is 35.5. The van der Waals surface area contributed by atoms with Crippen molar-refractivity contribution in [3.8, 4) is 5.75 Å². The number of nitrogens with zero attached hydrogens (tertiary/aromatic N) is 1. The Morgan fingerprint density at radius 1 is 1.22 bits per heavy atom. The first-order chi connectivity index (χ1) is 8.77. The topological polar surface area (TPSA) is 12.5 Å². The molecule has 1 aliphatic heterocycles. The highest BCUT2D eigenvalue weighted by molar-refractivity contribution is 6.32. The fourth-order valence-corrected chi connectivity index (χ4v) is 2.72. The molecule has 1 aromatic carbocycles. The summed E-state index contributed by atoms with van der Waals surface area (Å²) in [6, 6.07) is 5.87. The molecule has 0 spiro atoms. The van der Waals surface area contributed by atoms with E-state index in [0.29, 0.717) is 5.02 Å². The van der Waals surface area contributed by atoms with Crippen LogP contribution in [-0.4, -0.2) is 31.1 Å². The molecule has 3 heteroatoms. The minimum Gasteiger partial charge on any atom is -0.492 e. The van der Waals surface area contributed by atoms with Crippen LogP contribution in [0.3, 0.4) is 0 Å². The summed E-state index contributed by atoms with van der Waals surface area (Å²) in [6.45, 7) is 6.44. The standard InChI is InChI=1S/C15H22ClNO/c1-13-7-5-8-14(16)15(13)18-12-6-11-17-9-3-2-4-10-17/h5,7-8H,2-4,6,9-12H2,1H3. The minimum atomic E-state index is 0.716. The normalized spacial score (nSPS) is 16.8. The Labute approximate surface area is 115 Å². The summed E-state index contributed by atoms with van der Waals surface area (Å²) in [5, 5.41) is 0.716. The third-order valence-electron chi connectivity index (χ3n) is 3.48. The van der Waals surface area contributed by atoms with Crippen molar-refractivity contribution in [2.24, 2.45) is 0 Å². The average molecular weight is 268 g/mol. The van der Waals surface area contributed by atoms with Crippen molar-refractivity contribution in [2.45, 2.75) is 32.6 Å². The molecular formula is C15H22ClNO. The summed E-state index contributed by atoms with van der Waals surface area (Å²) in [5.74, 6) is 0.845. The molecular weight excluding hydrogens is 246 g/mol. The third kappa shape index (κ3) is 3.89. The van der Waals surface area contributed by atoms with Crippen molar-refractivity contribution in [3.63, 3.8) is 0 Å². The van der Waals surface area contributed by atoms with Gasteiger partial charge in [-0.1, -0.05) is 30.2 Å². The Morgan fingerprint density at radius 2 is 2.00 bits per heavy atom. The molecule has 0 radical (unpaired) electrons. The molecule has 0 atom stereocenters. The average Bonchev–Trinajstić information content (AvgIpc) is 2.38. The molecule has 0 N–H and O–H groups in total. The van der Waals surface area contributed by atoms with E-state index in [1.54, 1.807) is 0 Å². The van der Waals surface area contributed by atoms with Gasteiger partial charge >= 0.3 is 0 Å². The first-order valence-corrected chi connectivity index (χ1v) is 7.25. The Kier molecular flexibility index (Phi) is 5.33. The van der Waals surface area contributed by atoms with Gasteiger partial charge < -0.3 is 9.64 Å². The van der Waals surface area contributed by atoms with Crippen LogP contribution in [0.2, 0.25) is 5.02 Å². The van der Waals surface area contributed by atoms with Crippen LogP contribution in [0.4, 0.5) is 0 Å². The number of benzene rings is 1. The fourth-order valence-electron chi connectivity index (χ4n) is 2.44. The van der Waals surface area contributed by atoms with Crippen LogP contribution in [-0.2, 0) is 0 Å². The number of ether oxygens (including phenoxy) is 1. The Morgan fingerprint density at radius 3 is 2.72 bits per heavy atom. The first-order valence-electron chi connectivity index (χ1n) is 6.87. The van der Waals surface area contributed by atoms with Crippen molar-refractivity contribution in [2.75, 3.05) is 26.2 Å². The molecule has 0 aromatic heterocycles. The van der Waals surface area contributed by atoms with Gasteiger partial charge in [0.25, 0.3) is 0 Å². The minimum absolute atomic E-state index is 0.716. The van der Waals surface area contributed by atoms with Crippen molar-refractivity contribution < 1.29 is 4.74 Å². The highest BCUT2D eigenvalue weighted by Crippen LogP contribution is 2.27. The summed E-state index contributed by atoms with van der Waals surface area (Å²) in [7, 11) is 0. The van der Waals surface area contributed by atoms with Crippen LogP contribution in [0.25, 0.3) is 0 Å². The van der Waals surface area contributed by atoms with Crippen molar-refractivity contribution in [1.82, 2.24) is 4.90 Å². The molecule has 1 aromatic rings. The van der Waals surface area contributed by atoms with Gasteiger partial charge in [-0.25, -0.2) is 0 Å². The number of rotatable bonds is 5. The maximum Gasteiger partial charge on any atom is 0.140 e. The number of likely N-dealkylation sites (tertiary alicyclic amines) is 1. The first kappa shape index (κ1) is 13.7. The quantitative estimate of drug-likeness (QED) is 0.750. The zero-order chi connectivity index (χ0) is 12.8. The van der Waals surface area contributed by atoms with E-state index in [0.717, 1.165) is 30.9 Å². The molecule has 1 heterocycles. The largest absolute Gasteiger partial charge is 0.492 e. The molecule has 0 saturated carbocycles. The Hall–Kier alpha value is -0.730. The second-order valence-electron chi connectivity index (χ2n) is 4.99. The van der Waals surface area contributed by atoms with E-state index >= 15 is 0 Å². The maximum absolute atomic E-state index is 6.12. The van der Waals surface area contributed by atoms with Gasteiger partial charge in [-0.05, 0) is 50.9 Å². The van der Waals surface area contributed by atoms with E-state index in [4.69, 9.17) is 16.3 Å². The number of hydrogen-bond donors (Lipinski definition) is 0. The zero-order valence-electron chi connectivity index (χ0n) is 11.1. The van der Waals surface area contributed by atoms with Crippen LogP contribution >= 0.6 is 11.6 Å². The number of aryl methyl sites for hydroxylation is 1. The Bertz CT molecular complexity index is 355. The van der Waals surface area contributed by atoms with E-state index in [9.17, 15) is 0 Å². The lowest BCUT2D eigenvalue weighted by atomic mass is 10.1. The number of piperidine rings is 1. The van der Waals surface area contributed by atoms with Crippen LogP contribution in [0.1, 0.15) is 31.2 Å². The number of halogens is 1. The summed E-state index contributed by atoms with van der Waals surface area (Å²) in [4.78, 5) is 2.53. The van der Waals surface area contributed by atoms with Gasteiger partial charge in [0.1, 0.15) is 5.75 Å². The van der Waals surface area contributed by atoms with Crippen LogP contribution < -0.4 is 4.74 Å². The van der Waals surface area contributed by atoms with Crippen LogP contribution in [0.5, 0.6) is 5.75 Å². The molecule has 100 valence electrons. The second kappa shape index (κ2) is 7.01. The molecule has 0 amide bonds. The molecule has 18 heavy (non-hydrogen) atoms. The van der Waals surface area contributed by atoms with E-state index < -0.39 is 0 Å². The lowest BCUT2D eigenvalue weighted by Gasteiger charge is -2.26.